The predicted octanol–water partition coefficient (Wildman–Crippen LogP) is 24.3. The fourth-order valence-corrected chi connectivity index (χ4v) is 16.0. The van der Waals surface area contributed by atoms with Crippen molar-refractivity contribution >= 4 is 79.0 Å². The average molecular weight is 1270 g/mol. The highest BCUT2D eigenvalue weighted by molar-refractivity contribution is 7.00. The van der Waals surface area contributed by atoms with Gasteiger partial charge in [-0.25, -0.2) is 0 Å². The summed E-state index contributed by atoms with van der Waals surface area (Å²) in [5.41, 5.74) is 35.8. The molecule has 1 aromatic heterocycles. The molecule has 98 heavy (non-hydrogen) atoms. The summed E-state index contributed by atoms with van der Waals surface area (Å²) < 4.78 is 2.61. The highest BCUT2D eigenvalue weighted by atomic mass is 15.2. The minimum Gasteiger partial charge on any atom is -0.310 e. The fraction of sp³-hybridized carbons (Fsp3) is 0.170. The van der Waals surface area contributed by atoms with Crippen molar-refractivity contribution in [2.45, 2.75) is 106 Å². The highest BCUT2D eigenvalue weighted by Gasteiger charge is 2.46. The Labute approximate surface area is 580 Å². The van der Waals surface area contributed by atoms with E-state index in [1.807, 2.05) is 0 Å². The number of aryl methyl sites for hydroxylation is 2. The Morgan fingerprint density at radius 2 is 0.663 bits per heavy atom. The summed E-state index contributed by atoms with van der Waals surface area (Å²) in [5.74, 6) is 0.595. The lowest BCUT2D eigenvalue weighted by Crippen LogP contribution is -2.61. The maximum Gasteiger partial charge on any atom is 0.252 e. The first-order valence-corrected chi connectivity index (χ1v) is 35.2. The summed E-state index contributed by atoms with van der Waals surface area (Å²) in [4.78, 5) is 5.43. The number of hydrogen-bond acceptors (Lipinski definition) is 2. The fourth-order valence-electron chi connectivity index (χ4n) is 16.0. The van der Waals surface area contributed by atoms with Gasteiger partial charge in [-0.2, -0.15) is 0 Å². The molecule has 0 N–H and O–H groups in total. The number of benzene rings is 13. The monoisotopic (exact) mass is 1270 g/mol. The molecular formula is C94H84BN3. The summed E-state index contributed by atoms with van der Waals surface area (Å²) in [7, 11) is 0. The van der Waals surface area contributed by atoms with E-state index in [9.17, 15) is 0 Å². The van der Waals surface area contributed by atoms with E-state index in [0.717, 1.165) is 84.3 Å². The molecule has 0 aliphatic carbocycles. The summed E-state index contributed by atoms with van der Waals surface area (Å²) in [6.45, 7) is 27.6. The lowest BCUT2D eigenvalue weighted by atomic mass is 9.33. The van der Waals surface area contributed by atoms with Gasteiger partial charge in [0.05, 0.1) is 28.1 Å². The molecule has 4 heteroatoms. The van der Waals surface area contributed by atoms with E-state index < -0.39 is 0 Å². The van der Waals surface area contributed by atoms with Crippen molar-refractivity contribution in [2.24, 2.45) is 0 Å². The number of hydrogen-bond donors (Lipinski definition) is 0. The van der Waals surface area contributed by atoms with Crippen molar-refractivity contribution in [3.8, 4) is 72.4 Å². The number of nitrogens with zero attached hydrogens (tertiary/aromatic N) is 3. The van der Waals surface area contributed by atoms with Crippen LogP contribution in [0.3, 0.4) is 0 Å². The summed E-state index contributed by atoms with van der Waals surface area (Å²) in [6.07, 6.45) is 0. The van der Waals surface area contributed by atoms with Crippen molar-refractivity contribution in [3.05, 3.63) is 312 Å². The molecule has 13 aromatic carbocycles. The molecule has 2 aliphatic rings. The Balaban J connectivity index is 1.13. The van der Waals surface area contributed by atoms with Gasteiger partial charge in [0.15, 0.2) is 0 Å². The number of anilines is 6. The van der Waals surface area contributed by atoms with Crippen LogP contribution in [0.15, 0.2) is 279 Å². The minimum atomic E-state index is -0.213. The van der Waals surface area contributed by atoms with E-state index in [1.54, 1.807) is 0 Å². The number of para-hydroxylation sites is 2. The largest absolute Gasteiger partial charge is 0.310 e. The Bertz CT molecular complexity index is 4980. The van der Waals surface area contributed by atoms with Crippen LogP contribution in [0.25, 0.3) is 94.3 Å². The van der Waals surface area contributed by atoms with Crippen LogP contribution in [-0.4, -0.2) is 11.3 Å². The molecule has 0 saturated carbocycles. The van der Waals surface area contributed by atoms with E-state index in [0.29, 0.717) is 11.8 Å². The first-order valence-electron chi connectivity index (χ1n) is 35.2. The van der Waals surface area contributed by atoms with Crippen LogP contribution in [0.1, 0.15) is 114 Å². The number of aromatic nitrogens is 1. The molecule has 16 rings (SSSR count). The highest BCUT2D eigenvalue weighted by Crippen LogP contribution is 2.55. The molecule has 3 nitrogen and oxygen atoms in total. The van der Waals surface area contributed by atoms with Crippen molar-refractivity contribution in [3.63, 3.8) is 0 Å². The van der Waals surface area contributed by atoms with Gasteiger partial charge in [0.2, 0.25) is 0 Å². The standard InChI is InChI=1S/C94H84BN3/c1-59(2)78-51-61(5)39-45-72(78)67-41-47-82-86(53-67)97(91-74(63-27-17-13-18-28-63)35-25-36-75(91)64-29-19-14-20-30-64)88-57-71(96-84-49-43-69(93(7,8)9)55-80(84)81-56-70(94(10,11)12)44-50-85(81)96)58-89-90(88)95(82)83-48-42-68(73-46-40-62(6)52-79(73)60(3)4)54-87(83)98(89)92-76(65-31-21-15-22-32-65)37-26-38-77(92)66-33-23-16-24-34-66/h13-60H,1-12H3. The van der Waals surface area contributed by atoms with Gasteiger partial charge >= 0.3 is 0 Å². The van der Waals surface area contributed by atoms with Crippen molar-refractivity contribution < 1.29 is 0 Å². The third-order valence-corrected chi connectivity index (χ3v) is 21.0. The van der Waals surface area contributed by atoms with Gasteiger partial charge in [0, 0.05) is 55.8 Å². The SMILES string of the molecule is Cc1ccc(-c2ccc3c(c2)N(c2c(-c4ccccc4)cccc2-c2ccccc2)c2cc(-n4c5ccc(C(C)(C)C)cc5c5cc(C(C)(C)C)ccc54)cc4c2B3c2ccc(-c3ccc(C)cc3C(C)C)cc2N4c2c(-c3ccccc3)cccc2-c2ccccc2)c(C(C)C)c1. The first-order chi connectivity index (χ1) is 47.4. The molecule has 0 saturated heterocycles. The van der Waals surface area contributed by atoms with Crippen LogP contribution >= 0.6 is 0 Å². The average Bonchev–Trinajstić information content (AvgIpc) is 0.839. The molecular weight excluding hydrogens is 1180 g/mol. The first kappa shape index (κ1) is 62.2. The molecule has 0 amide bonds. The second kappa shape index (κ2) is 24.1. The Morgan fingerprint density at radius 1 is 0.306 bits per heavy atom. The van der Waals surface area contributed by atoms with Gasteiger partial charge in [0.25, 0.3) is 6.71 Å². The summed E-state index contributed by atoms with van der Waals surface area (Å²) >= 11 is 0. The molecule has 478 valence electrons. The van der Waals surface area contributed by atoms with Crippen LogP contribution in [-0.2, 0) is 10.8 Å². The maximum absolute atomic E-state index is 2.72. The Kier molecular flexibility index (Phi) is 15.3. The summed E-state index contributed by atoms with van der Waals surface area (Å²) in [5, 5.41) is 2.50. The van der Waals surface area contributed by atoms with E-state index >= 15 is 0 Å². The second-order valence-electron chi connectivity index (χ2n) is 30.2. The minimum absolute atomic E-state index is 0.0804. The van der Waals surface area contributed by atoms with Crippen molar-refractivity contribution in [1.29, 1.82) is 0 Å². The molecule has 14 aromatic rings. The number of fused-ring (bicyclic) bond motifs is 7. The lowest BCUT2D eigenvalue weighted by molar-refractivity contribution is 0.590. The zero-order valence-corrected chi connectivity index (χ0v) is 58.6. The van der Waals surface area contributed by atoms with E-state index in [1.165, 1.54) is 93.8 Å². The second-order valence-corrected chi connectivity index (χ2v) is 30.2. The maximum atomic E-state index is 2.72. The molecule has 0 atom stereocenters. The van der Waals surface area contributed by atoms with Crippen molar-refractivity contribution in [1.82, 2.24) is 4.57 Å². The van der Waals surface area contributed by atoms with Gasteiger partial charge in [-0.3, -0.25) is 0 Å². The predicted molar refractivity (Wildman–Crippen MR) is 422 cm³/mol. The van der Waals surface area contributed by atoms with Gasteiger partial charge in [-0.05, 0) is 168 Å². The molecule has 3 heterocycles. The third kappa shape index (κ3) is 10.6. The quantitative estimate of drug-likeness (QED) is 0.120. The smallest absolute Gasteiger partial charge is 0.252 e. The van der Waals surface area contributed by atoms with Gasteiger partial charge < -0.3 is 14.4 Å². The van der Waals surface area contributed by atoms with Crippen molar-refractivity contribution in [2.75, 3.05) is 9.80 Å². The Hall–Kier alpha value is -10.7. The Morgan fingerprint density at radius 3 is 1.00 bits per heavy atom. The van der Waals surface area contributed by atoms with Gasteiger partial charge in [0.1, 0.15) is 0 Å². The van der Waals surface area contributed by atoms with E-state index in [-0.39, 0.29) is 17.5 Å². The van der Waals surface area contributed by atoms with Crippen LogP contribution in [0.2, 0.25) is 0 Å². The van der Waals surface area contributed by atoms with E-state index in [2.05, 4.69) is 377 Å². The molecule has 0 bridgehead atoms. The van der Waals surface area contributed by atoms with Crippen LogP contribution in [0.5, 0.6) is 0 Å². The molecule has 0 unspecified atom stereocenters. The topological polar surface area (TPSA) is 11.4 Å². The number of rotatable bonds is 11. The molecule has 0 spiro atoms. The molecule has 0 radical (unpaired) electrons. The van der Waals surface area contributed by atoms with E-state index in [4.69, 9.17) is 0 Å². The lowest BCUT2D eigenvalue weighted by Gasteiger charge is -2.46. The third-order valence-electron chi connectivity index (χ3n) is 21.0. The van der Waals surface area contributed by atoms with Crippen LogP contribution < -0.4 is 26.2 Å². The molecule has 2 aliphatic heterocycles. The summed E-state index contributed by atoms with van der Waals surface area (Å²) in [6, 6.07) is 107. The zero-order chi connectivity index (χ0) is 67.5. The van der Waals surface area contributed by atoms with Crippen LogP contribution in [0, 0.1) is 13.8 Å². The normalized spacial score (nSPS) is 12.8. The molecule has 0 fully saturated rings. The zero-order valence-electron chi connectivity index (χ0n) is 58.6. The van der Waals surface area contributed by atoms with Gasteiger partial charge in [-0.1, -0.05) is 311 Å². The van der Waals surface area contributed by atoms with Crippen LogP contribution in [0.4, 0.5) is 34.1 Å². The van der Waals surface area contributed by atoms with Gasteiger partial charge in [-0.15, -0.1) is 0 Å².